The highest BCUT2D eigenvalue weighted by molar-refractivity contribution is 6.46. The lowest BCUT2D eigenvalue weighted by Gasteiger charge is -2.22. The van der Waals surface area contributed by atoms with Crippen LogP contribution in [0.2, 0.25) is 0 Å². The highest BCUT2D eigenvalue weighted by Gasteiger charge is 2.47. The first-order valence-electron chi connectivity index (χ1n) is 9.60. The zero-order chi connectivity index (χ0) is 21.3. The van der Waals surface area contributed by atoms with Gasteiger partial charge >= 0.3 is 0 Å². The van der Waals surface area contributed by atoms with Crippen LogP contribution in [0, 0.1) is 6.92 Å². The molecule has 3 aromatic rings. The summed E-state index contributed by atoms with van der Waals surface area (Å²) in [7, 11) is 0. The number of likely N-dealkylation sites (tertiary alicyclic amines) is 1. The van der Waals surface area contributed by atoms with Crippen LogP contribution in [-0.2, 0) is 16.1 Å². The zero-order valence-corrected chi connectivity index (χ0v) is 16.6. The van der Waals surface area contributed by atoms with Crippen LogP contribution in [-0.4, -0.2) is 28.3 Å². The first-order valence-corrected chi connectivity index (χ1v) is 9.60. The van der Waals surface area contributed by atoms with Gasteiger partial charge in [-0.1, -0.05) is 0 Å². The van der Waals surface area contributed by atoms with Crippen LogP contribution in [0.15, 0.2) is 69.2 Å². The summed E-state index contributed by atoms with van der Waals surface area (Å²) in [5.41, 5.74) is 0.382. The van der Waals surface area contributed by atoms with Crippen molar-refractivity contribution in [1.29, 1.82) is 0 Å². The second-order valence-electron chi connectivity index (χ2n) is 6.91. The van der Waals surface area contributed by atoms with Gasteiger partial charge in [0.1, 0.15) is 34.8 Å². The van der Waals surface area contributed by atoms with E-state index in [1.165, 1.54) is 11.2 Å². The number of aliphatic hydroxyl groups is 1. The topological polar surface area (TPSA) is 93.1 Å². The molecule has 1 aliphatic heterocycles. The lowest BCUT2D eigenvalue weighted by Crippen LogP contribution is -2.28. The standard InChI is InChI=1S/C23H21NO6/c1-3-28-16-9-7-15(8-10-16)21(25)19-20(18-11-6-14(2)30-18)24(23(27)22(19)26)13-17-5-4-12-29-17/h4-12,20,25H,3,13H2,1-2H3. The van der Waals surface area contributed by atoms with Crippen LogP contribution in [0.25, 0.3) is 5.76 Å². The molecule has 1 amide bonds. The smallest absolute Gasteiger partial charge is 0.296 e. The normalized spacial score (nSPS) is 18.2. The van der Waals surface area contributed by atoms with E-state index >= 15 is 0 Å². The molecule has 1 N–H and O–H groups in total. The fraction of sp³-hybridized carbons (Fsp3) is 0.217. The van der Waals surface area contributed by atoms with Crippen LogP contribution in [0.4, 0.5) is 0 Å². The molecule has 30 heavy (non-hydrogen) atoms. The summed E-state index contributed by atoms with van der Waals surface area (Å²) in [5.74, 6) is 0.430. The van der Waals surface area contributed by atoms with E-state index in [0.29, 0.717) is 35.2 Å². The lowest BCUT2D eigenvalue weighted by atomic mass is 9.99. The number of ketones is 1. The SMILES string of the molecule is CCOc1ccc(C(O)=C2C(=O)C(=O)N(Cc3ccco3)C2c2ccc(C)o2)cc1. The molecule has 7 heteroatoms. The third-order valence-corrected chi connectivity index (χ3v) is 4.92. The Kier molecular flexibility index (Phi) is 5.18. The number of amides is 1. The van der Waals surface area contributed by atoms with Gasteiger partial charge in [0.2, 0.25) is 0 Å². The summed E-state index contributed by atoms with van der Waals surface area (Å²) in [6.45, 7) is 4.23. The molecule has 1 atom stereocenters. The molecule has 0 saturated carbocycles. The molecule has 154 valence electrons. The molecule has 0 bridgehead atoms. The molecule has 1 fully saturated rings. The van der Waals surface area contributed by atoms with E-state index in [1.54, 1.807) is 55.5 Å². The van der Waals surface area contributed by atoms with Crippen molar-refractivity contribution in [3.63, 3.8) is 0 Å². The van der Waals surface area contributed by atoms with E-state index in [9.17, 15) is 14.7 Å². The van der Waals surface area contributed by atoms with Crippen molar-refractivity contribution in [2.75, 3.05) is 6.61 Å². The van der Waals surface area contributed by atoms with E-state index in [0.717, 1.165) is 0 Å². The van der Waals surface area contributed by atoms with E-state index in [2.05, 4.69) is 0 Å². The molecule has 0 radical (unpaired) electrons. The lowest BCUT2D eigenvalue weighted by molar-refractivity contribution is -0.140. The maximum atomic E-state index is 12.9. The van der Waals surface area contributed by atoms with Gasteiger partial charge in [0.05, 0.1) is 25.0 Å². The Morgan fingerprint density at radius 1 is 1.13 bits per heavy atom. The van der Waals surface area contributed by atoms with Crippen molar-refractivity contribution >= 4 is 17.4 Å². The molecule has 4 rings (SSSR count). The number of carbonyl (C=O) groups excluding carboxylic acids is 2. The second kappa shape index (κ2) is 7.94. The maximum Gasteiger partial charge on any atom is 0.296 e. The van der Waals surface area contributed by atoms with Gasteiger partial charge in [-0.3, -0.25) is 9.59 Å². The Morgan fingerprint density at radius 2 is 1.90 bits per heavy atom. The Labute approximate surface area is 173 Å². The maximum absolute atomic E-state index is 12.9. The van der Waals surface area contributed by atoms with Crippen LogP contribution in [0.3, 0.4) is 0 Å². The summed E-state index contributed by atoms with van der Waals surface area (Å²) in [5, 5.41) is 11.0. The number of aliphatic hydroxyl groups excluding tert-OH is 1. The third-order valence-electron chi connectivity index (χ3n) is 4.92. The van der Waals surface area contributed by atoms with E-state index < -0.39 is 17.7 Å². The van der Waals surface area contributed by atoms with Crippen molar-refractivity contribution in [2.24, 2.45) is 0 Å². The molecular formula is C23H21NO6. The van der Waals surface area contributed by atoms with Gasteiger partial charge < -0.3 is 23.6 Å². The fourth-order valence-corrected chi connectivity index (χ4v) is 3.54. The Bertz CT molecular complexity index is 1090. The number of Topliss-reactive ketones (excluding diaryl/α,β-unsaturated/α-hetero) is 1. The van der Waals surface area contributed by atoms with E-state index in [-0.39, 0.29) is 17.9 Å². The molecule has 2 aromatic heterocycles. The zero-order valence-electron chi connectivity index (χ0n) is 16.6. The summed E-state index contributed by atoms with van der Waals surface area (Å²) in [4.78, 5) is 27.1. The fourth-order valence-electron chi connectivity index (χ4n) is 3.54. The molecule has 3 heterocycles. The Hall–Kier alpha value is -3.74. The van der Waals surface area contributed by atoms with Crippen LogP contribution in [0.1, 0.15) is 35.8 Å². The second-order valence-corrected chi connectivity index (χ2v) is 6.91. The number of furan rings is 2. The van der Waals surface area contributed by atoms with Crippen molar-refractivity contribution in [2.45, 2.75) is 26.4 Å². The first kappa shape index (κ1) is 19.6. The number of aryl methyl sites for hydroxylation is 1. The Morgan fingerprint density at radius 3 is 2.50 bits per heavy atom. The number of hydrogen-bond acceptors (Lipinski definition) is 6. The van der Waals surface area contributed by atoms with Gasteiger partial charge in [0, 0.05) is 5.56 Å². The minimum absolute atomic E-state index is 0.0231. The minimum Gasteiger partial charge on any atom is -0.507 e. The van der Waals surface area contributed by atoms with Gasteiger partial charge in [0.25, 0.3) is 11.7 Å². The minimum atomic E-state index is -0.865. The molecule has 1 unspecified atom stereocenters. The van der Waals surface area contributed by atoms with Gasteiger partial charge in [-0.05, 0) is 62.4 Å². The van der Waals surface area contributed by atoms with E-state index in [1.807, 2.05) is 6.92 Å². The molecule has 7 nitrogen and oxygen atoms in total. The molecule has 0 aliphatic carbocycles. The highest BCUT2D eigenvalue weighted by Crippen LogP contribution is 2.41. The number of nitrogens with zero attached hydrogens (tertiary/aromatic N) is 1. The summed E-state index contributed by atoms with van der Waals surface area (Å²) >= 11 is 0. The van der Waals surface area contributed by atoms with Crippen LogP contribution >= 0.6 is 0 Å². The average molecular weight is 407 g/mol. The average Bonchev–Trinajstić information content (AvgIpc) is 3.46. The number of carbonyl (C=O) groups is 2. The number of rotatable bonds is 6. The van der Waals surface area contributed by atoms with Crippen molar-refractivity contribution in [3.05, 3.63) is 83.2 Å². The van der Waals surface area contributed by atoms with Gasteiger partial charge in [-0.2, -0.15) is 0 Å². The Balaban J connectivity index is 1.80. The van der Waals surface area contributed by atoms with Crippen molar-refractivity contribution in [3.8, 4) is 5.75 Å². The molecule has 1 saturated heterocycles. The number of benzene rings is 1. The quantitative estimate of drug-likeness (QED) is 0.374. The third kappa shape index (κ3) is 3.50. The predicted molar refractivity (Wildman–Crippen MR) is 108 cm³/mol. The largest absolute Gasteiger partial charge is 0.507 e. The van der Waals surface area contributed by atoms with Gasteiger partial charge in [0.15, 0.2) is 0 Å². The van der Waals surface area contributed by atoms with E-state index in [4.69, 9.17) is 13.6 Å². The summed E-state index contributed by atoms with van der Waals surface area (Å²) in [6.07, 6.45) is 1.50. The summed E-state index contributed by atoms with van der Waals surface area (Å²) < 4.78 is 16.5. The van der Waals surface area contributed by atoms with Gasteiger partial charge in [-0.25, -0.2) is 0 Å². The molecule has 0 spiro atoms. The molecular weight excluding hydrogens is 386 g/mol. The van der Waals surface area contributed by atoms with Crippen molar-refractivity contribution in [1.82, 2.24) is 4.90 Å². The predicted octanol–water partition coefficient (Wildman–Crippen LogP) is 4.20. The van der Waals surface area contributed by atoms with Crippen molar-refractivity contribution < 1.29 is 28.3 Å². The molecule has 1 aliphatic rings. The number of hydrogen-bond donors (Lipinski definition) is 1. The van der Waals surface area contributed by atoms with Crippen LogP contribution < -0.4 is 4.74 Å². The van der Waals surface area contributed by atoms with Crippen LogP contribution in [0.5, 0.6) is 5.75 Å². The monoisotopic (exact) mass is 407 g/mol. The molecule has 1 aromatic carbocycles. The first-order chi connectivity index (χ1) is 14.5. The van der Waals surface area contributed by atoms with Gasteiger partial charge in [-0.15, -0.1) is 0 Å². The highest BCUT2D eigenvalue weighted by atomic mass is 16.5. The summed E-state index contributed by atoms with van der Waals surface area (Å²) in [6, 6.07) is 12.7. The number of ether oxygens (including phenoxy) is 1.